The summed E-state index contributed by atoms with van der Waals surface area (Å²) in [5.41, 5.74) is 1.92. The smallest absolute Gasteiger partial charge is 0.321 e. The molecule has 0 radical (unpaired) electrons. The van der Waals surface area contributed by atoms with Gasteiger partial charge in [0.15, 0.2) is 5.82 Å². The van der Waals surface area contributed by atoms with E-state index in [4.69, 9.17) is 4.74 Å². The van der Waals surface area contributed by atoms with Crippen LogP contribution in [0.3, 0.4) is 0 Å². The number of carbonyl (C=O) groups is 1. The van der Waals surface area contributed by atoms with Gasteiger partial charge in [-0.15, -0.1) is 0 Å². The van der Waals surface area contributed by atoms with E-state index in [1.165, 1.54) is 13.5 Å². The Labute approximate surface area is 162 Å². The van der Waals surface area contributed by atoms with Crippen LogP contribution < -0.4 is 15.0 Å². The number of hydrogen-bond donors (Lipinski definition) is 1. The number of aromatic nitrogens is 5. The third-order valence-corrected chi connectivity index (χ3v) is 4.61. The minimum absolute atomic E-state index is 0.178. The second-order valence-electron chi connectivity index (χ2n) is 6.53. The summed E-state index contributed by atoms with van der Waals surface area (Å²) in [5.74, 6) is 0.824. The predicted octanol–water partition coefficient (Wildman–Crippen LogP) is 1.74. The molecule has 0 saturated carbocycles. The lowest BCUT2D eigenvalue weighted by molar-refractivity contribution is 0.0949. The summed E-state index contributed by atoms with van der Waals surface area (Å²) < 4.78 is 5.21. The Hall–Kier alpha value is -3.36. The molecule has 9 heteroatoms. The van der Waals surface area contributed by atoms with Crippen LogP contribution in [0, 0.1) is 0 Å². The summed E-state index contributed by atoms with van der Waals surface area (Å²) in [7, 11) is 1.52. The van der Waals surface area contributed by atoms with Crippen LogP contribution in [0.15, 0.2) is 30.6 Å². The molecule has 1 aliphatic heterocycles. The maximum absolute atomic E-state index is 12.5. The second-order valence-corrected chi connectivity index (χ2v) is 6.53. The van der Waals surface area contributed by atoms with Crippen molar-refractivity contribution in [3.63, 3.8) is 0 Å². The lowest BCUT2D eigenvalue weighted by atomic mass is 10.1. The van der Waals surface area contributed by atoms with Crippen molar-refractivity contribution in [2.24, 2.45) is 0 Å². The third kappa shape index (κ3) is 3.98. The number of nitrogens with one attached hydrogen (secondary N) is 1. The van der Waals surface area contributed by atoms with Crippen molar-refractivity contribution >= 4 is 22.9 Å². The van der Waals surface area contributed by atoms with Gasteiger partial charge in [-0.1, -0.05) is 0 Å². The first-order valence-corrected chi connectivity index (χ1v) is 9.26. The van der Waals surface area contributed by atoms with E-state index in [0.29, 0.717) is 22.9 Å². The number of ether oxygens (including phenoxy) is 1. The highest BCUT2D eigenvalue weighted by molar-refractivity contribution is 5.97. The lowest BCUT2D eigenvalue weighted by Crippen LogP contribution is -2.32. The molecule has 0 aliphatic carbocycles. The van der Waals surface area contributed by atoms with Gasteiger partial charge in [0.25, 0.3) is 5.91 Å². The van der Waals surface area contributed by atoms with Crippen LogP contribution in [-0.4, -0.2) is 51.0 Å². The molecule has 4 rings (SSSR count). The monoisotopic (exact) mass is 379 g/mol. The van der Waals surface area contributed by atoms with Gasteiger partial charge < -0.3 is 15.0 Å². The molecule has 1 N–H and O–H groups in total. The van der Waals surface area contributed by atoms with Gasteiger partial charge >= 0.3 is 6.01 Å². The highest BCUT2D eigenvalue weighted by atomic mass is 16.5. The second kappa shape index (κ2) is 8.12. The molecule has 3 heterocycles. The minimum Gasteiger partial charge on any atom is -0.467 e. The minimum atomic E-state index is -0.230. The molecule has 3 aromatic rings. The van der Waals surface area contributed by atoms with Crippen LogP contribution >= 0.6 is 0 Å². The molecule has 1 amide bonds. The van der Waals surface area contributed by atoms with Crippen molar-refractivity contribution in [3.05, 3.63) is 42.0 Å². The Morgan fingerprint density at radius 3 is 2.64 bits per heavy atom. The van der Waals surface area contributed by atoms with E-state index in [9.17, 15) is 4.79 Å². The summed E-state index contributed by atoms with van der Waals surface area (Å²) in [4.78, 5) is 36.2. The maximum Gasteiger partial charge on any atom is 0.321 e. The molecule has 0 bridgehead atoms. The number of amides is 1. The number of carbonyl (C=O) groups excluding carboxylic acids is 1. The molecule has 9 nitrogen and oxygen atoms in total. The highest BCUT2D eigenvalue weighted by Crippen LogP contribution is 2.18. The topological polar surface area (TPSA) is 106 Å². The molecule has 1 aliphatic rings. The number of fused-ring (bicyclic) bond motifs is 1. The molecule has 144 valence electrons. The molecular weight excluding hydrogens is 358 g/mol. The molecular formula is C19H21N7O2. The third-order valence-electron chi connectivity index (χ3n) is 4.61. The average Bonchev–Trinajstić information content (AvgIpc) is 2.77. The summed E-state index contributed by atoms with van der Waals surface area (Å²) >= 11 is 0. The fraction of sp³-hybridized carbons (Fsp3) is 0.368. The predicted molar refractivity (Wildman–Crippen MR) is 103 cm³/mol. The molecule has 1 saturated heterocycles. The van der Waals surface area contributed by atoms with Crippen molar-refractivity contribution in [3.8, 4) is 6.01 Å². The Bertz CT molecular complexity index is 989. The Kier molecular flexibility index (Phi) is 5.22. The van der Waals surface area contributed by atoms with E-state index in [2.05, 4.69) is 35.1 Å². The molecule has 1 aromatic carbocycles. The number of anilines is 1. The molecule has 2 aromatic heterocycles. The van der Waals surface area contributed by atoms with E-state index in [-0.39, 0.29) is 18.5 Å². The van der Waals surface area contributed by atoms with Crippen molar-refractivity contribution < 1.29 is 9.53 Å². The first-order chi connectivity index (χ1) is 13.7. The first-order valence-electron chi connectivity index (χ1n) is 9.26. The summed E-state index contributed by atoms with van der Waals surface area (Å²) in [5, 5.41) is 2.85. The van der Waals surface area contributed by atoms with Crippen LogP contribution in [0.5, 0.6) is 6.01 Å². The van der Waals surface area contributed by atoms with Crippen molar-refractivity contribution in [1.29, 1.82) is 0 Å². The summed E-state index contributed by atoms with van der Waals surface area (Å²) in [6, 6.07) is 5.46. The number of rotatable bonds is 5. The molecule has 0 spiro atoms. The number of piperidine rings is 1. The van der Waals surface area contributed by atoms with Crippen LogP contribution in [0.2, 0.25) is 0 Å². The largest absolute Gasteiger partial charge is 0.467 e. The zero-order valence-corrected chi connectivity index (χ0v) is 15.6. The van der Waals surface area contributed by atoms with Crippen LogP contribution in [-0.2, 0) is 6.54 Å². The van der Waals surface area contributed by atoms with E-state index < -0.39 is 0 Å². The van der Waals surface area contributed by atoms with E-state index in [0.717, 1.165) is 31.4 Å². The fourth-order valence-corrected chi connectivity index (χ4v) is 3.16. The van der Waals surface area contributed by atoms with E-state index >= 15 is 0 Å². The highest BCUT2D eigenvalue weighted by Gasteiger charge is 2.17. The molecule has 0 unspecified atom stereocenters. The van der Waals surface area contributed by atoms with Crippen LogP contribution in [0.25, 0.3) is 11.0 Å². The van der Waals surface area contributed by atoms with Crippen molar-refractivity contribution in [2.45, 2.75) is 25.8 Å². The van der Waals surface area contributed by atoms with Gasteiger partial charge in [0.2, 0.25) is 5.95 Å². The number of methoxy groups -OCH3 is 1. The summed E-state index contributed by atoms with van der Waals surface area (Å²) in [6.45, 7) is 2.01. The normalized spacial score (nSPS) is 14.1. The average molecular weight is 379 g/mol. The first kappa shape index (κ1) is 18.0. The number of hydrogen-bond acceptors (Lipinski definition) is 8. The van der Waals surface area contributed by atoms with Crippen LogP contribution in [0.1, 0.15) is 35.4 Å². The van der Waals surface area contributed by atoms with Gasteiger partial charge in [0.1, 0.15) is 0 Å². The van der Waals surface area contributed by atoms with Gasteiger partial charge in [0.05, 0.1) is 24.7 Å². The Balaban J connectivity index is 1.49. The van der Waals surface area contributed by atoms with Gasteiger partial charge in [-0.05, 0) is 37.5 Å². The van der Waals surface area contributed by atoms with Crippen molar-refractivity contribution in [2.75, 3.05) is 25.1 Å². The lowest BCUT2D eigenvalue weighted by Gasteiger charge is -2.26. The zero-order chi connectivity index (χ0) is 19.3. The number of nitrogens with zero attached hydrogens (tertiary/aromatic N) is 6. The van der Waals surface area contributed by atoms with Gasteiger partial charge in [-0.25, -0.2) is 0 Å². The molecule has 1 fully saturated rings. The fourth-order valence-electron chi connectivity index (χ4n) is 3.16. The summed E-state index contributed by atoms with van der Waals surface area (Å²) in [6.07, 6.45) is 6.67. The van der Waals surface area contributed by atoms with E-state index in [1.54, 1.807) is 30.6 Å². The molecule has 28 heavy (non-hydrogen) atoms. The zero-order valence-electron chi connectivity index (χ0n) is 15.6. The van der Waals surface area contributed by atoms with E-state index in [1.807, 2.05) is 0 Å². The Morgan fingerprint density at radius 2 is 1.86 bits per heavy atom. The molecule has 0 atom stereocenters. The van der Waals surface area contributed by atoms with Crippen molar-refractivity contribution in [1.82, 2.24) is 30.2 Å². The standard InChI is InChI=1S/C19H21N7O2/c1-28-19-24-16(23-18(25-19)26-9-3-2-4-10-26)12-22-17(27)13-5-6-14-15(11-13)21-8-7-20-14/h5-8,11H,2-4,9-10,12H2,1H3,(H,22,27). The van der Waals surface area contributed by atoms with Gasteiger partial charge in [0, 0.05) is 31.0 Å². The SMILES string of the molecule is COc1nc(CNC(=O)c2ccc3nccnc3c2)nc(N2CCCCC2)n1. The number of benzene rings is 1. The quantitative estimate of drug-likeness (QED) is 0.715. The van der Waals surface area contributed by atoms with Crippen LogP contribution in [0.4, 0.5) is 5.95 Å². The van der Waals surface area contributed by atoms with Gasteiger partial charge in [-0.3, -0.25) is 14.8 Å². The Morgan fingerprint density at radius 1 is 1.07 bits per heavy atom. The maximum atomic E-state index is 12.5. The van der Waals surface area contributed by atoms with Gasteiger partial charge in [-0.2, -0.15) is 15.0 Å².